The van der Waals surface area contributed by atoms with Crippen molar-refractivity contribution in [3.63, 3.8) is 0 Å². The van der Waals surface area contributed by atoms with Gasteiger partial charge in [-0.05, 0) is 37.7 Å². The first-order valence-electron chi connectivity index (χ1n) is 12.2. The van der Waals surface area contributed by atoms with Crippen molar-refractivity contribution in [1.29, 1.82) is 0 Å². The van der Waals surface area contributed by atoms with Crippen LogP contribution in [0.2, 0.25) is 0 Å². The summed E-state index contributed by atoms with van der Waals surface area (Å²) < 4.78 is -1.74. The fourth-order valence-corrected chi connectivity index (χ4v) is 4.06. The number of halogens is 3. The van der Waals surface area contributed by atoms with Crippen LogP contribution in [0.25, 0.3) is 0 Å². The van der Waals surface area contributed by atoms with Crippen LogP contribution in [-0.2, 0) is 4.79 Å². The molecular weight excluding hydrogens is 497 g/mol. The van der Waals surface area contributed by atoms with Crippen LogP contribution in [0.4, 0.5) is 5.69 Å². The van der Waals surface area contributed by atoms with E-state index < -0.39 is 9.96 Å². The number of carbonyl (C=O) groups excluding carboxylic acids is 1. The maximum Gasteiger partial charge on any atom is 0.228 e. The zero-order valence-electron chi connectivity index (χ0n) is 20.0. The average molecular weight is 537 g/mol. The van der Waals surface area contributed by atoms with Crippen molar-refractivity contribution in [1.82, 2.24) is 10.6 Å². The van der Waals surface area contributed by atoms with E-state index in [1.165, 1.54) is 57.8 Å². The SMILES string of the molecule is CCCCCCCCCCCCCCC(=O)NC(NC(=S)Nc1ccc(C)cc1)C(Cl)(Cl)Cl. The lowest BCUT2D eigenvalue weighted by Crippen LogP contribution is -2.56. The Morgan fingerprint density at radius 3 is 1.82 bits per heavy atom. The molecule has 0 aliphatic carbocycles. The second kappa shape index (κ2) is 17.7. The topological polar surface area (TPSA) is 53.2 Å². The number of benzene rings is 1. The first kappa shape index (κ1) is 30.3. The summed E-state index contributed by atoms with van der Waals surface area (Å²) in [6, 6.07) is 7.74. The highest BCUT2D eigenvalue weighted by Crippen LogP contribution is 2.29. The summed E-state index contributed by atoms with van der Waals surface area (Å²) in [7, 11) is 0. The molecule has 4 nitrogen and oxygen atoms in total. The van der Waals surface area contributed by atoms with Crippen molar-refractivity contribution in [2.45, 2.75) is 107 Å². The number of rotatable bonds is 16. The Morgan fingerprint density at radius 1 is 0.848 bits per heavy atom. The molecule has 0 spiro atoms. The molecule has 1 aromatic rings. The number of nitrogens with one attached hydrogen (secondary N) is 3. The van der Waals surface area contributed by atoms with Gasteiger partial charge in [0.05, 0.1) is 0 Å². The van der Waals surface area contributed by atoms with Crippen molar-refractivity contribution in [2.24, 2.45) is 0 Å². The molecule has 0 aliphatic rings. The highest BCUT2D eigenvalue weighted by atomic mass is 35.6. The van der Waals surface area contributed by atoms with Crippen molar-refractivity contribution >= 4 is 63.7 Å². The summed E-state index contributed by atoms with van der Waals surface area (Å²) in [6.45, 7) is 4.26. The minimum absolute atomic E-state index is 0.163. The van der Waals surface area contributed by atoms with Crippen LogP contribution < -0.4 is 16.0 Å². The smallest absolute Gasteiger partial charge is 0.228 e. The molecule has 1 amide bonds. The Labute approximate surface area is 220 Å². The molecule has 1 atom stereocenters. The monoisotopic (exact) mass is 535 g/mol. The van der Waals surface area contributed by atoms with E-state index in [0.29, 0.717) is 6.42 Å². The van der Waals surface area contributed by atoms with Crippen LogP contribution in [-0.4, -0.2) is 21.0 Å². The highest BCUT2D eigenvalue weighted by Gasteiger charge is 2.34. The van der Waals surface area contributed by atoms with Gasteiger partial charge in [0.25, 0.3) is 0 Å². The van der Waals surface area contributed by atoms with Gasteiger partial charge in [0.15, 0.2) is 5.11 Å². The van der Waals surface area contributed by atoms with E-state index in [1.54, 1.807) is 0 Å². The van der Waals surface area contributed by atoms with Crippen LogP contribution in [0.1, 0.15) is 96.0 Å². The molecule has 0 aromatic heterocycles. The Balaban J connectivity index is 2.21. The number of hydrogen-bond donors (Lipinski definition) is 3. The number of hydrogen-bond acceptors (Lipinski definition) is 2. The van der Waals surface area contributed by atoms with Crippen LogP contribution in [0.3, 0.4) is 0 Å². The Morgan fingerprint density at radius 2 is 1.33 bits per heavy atom. The third-order valence-electron chi connectivity index (χ3n) is 5.47. The third kappa shape index (κ3) is 15.7. The van der Waals surface area contributed by atoms with E-state index in [9.17, 15) is 4.79 Å². The summed E-state index contributed by atoms with van der Waals surface area (Å²) in [6.07, 6.45) is 14.4. The molecule has 0 bridgehead atoms. The van der Waals surface area contributed by atoms with Crippen molar-refractivity contribution < 1.29 is 4.79 Å². The van der Waals surface area contributed by atoms with E-state index >= 15 is 0 Å². The molecule has 1 rings (SSSR count). The summed E-state index contributed by atoms with van der Waals surface area (Å²) in [4.78, 5) is 12.4. The van der Waals surface area contributed by atoms with Gasteiger partial charge >= 0.3 is 0 Å². The minimum Gasteiger partial charge on any atom is -0.339 e. The second-order valence-electron chi connectivity index (χ2n) is 8.65. The van der Waals surface area contributed by atoms with E-state index in [1.807, 2.05) is 31.2 Å². The largest absolute Gasteiger partial charge is 0.339 e. The molecule has 1 aromatic carbocycles. The molecule has 0 saturated carbocycles. The zero-order valence-corrected chi connectivity index (χ0v) is 23.1. The fraction of sp³-hybridized carbons (Fsp3) is 0.680. The molecule has 3 N–H and O–H groups in total. The molecule has 1 unspecified atom stereocenters. The van der Waals surface area contributed by atoms with E-state index in [0.717, 1.165) is 30.5 Å². The van der Waals surface area contributed by atoms with Gasteiger partial charge in [-0.2, -0.15) is 0 Å². The zero-order chi connectivity index (χ0) is 24.5. The Hall–Kier alpha value is -0.750. The Bertz CT molecular complexity index is 680. The normalized spacial score (nSPS) is 12.3. The van der Waals surface area contributed by atoms with Gasteiger partial charge in [0, 0.05) is 12.1 Å². The summed E-state index contributed by atoms with van der Waals surface area (Å²) >= 11 is 23.5. The van der Waals surface area contributed by atoms with E-state index in [-0.39, 0.29) is 11.0 Å². The molecule has 0 heterocycles. The van der Waals surface area contributed by atoms with Gasteiger partial charge in [0.1, 0.15) is 6.17 Å². The molecule has 0 saturated heterocycles. The quantitative estimate of drug-likeness (QED) is 0.0862. The summed E-state index contributed by atoms with van der Waals surface area (Å²) in [5.74, 6) is -0.163. The summed E-state index contributed by atoms with van der Waals surface area (Å²) in [5.41, 5.74) is 1.95. The first-order chi connectivity index (χ1) is 15.7. The molecule has 188 valence electrons. The van der Waals surface area contributed by atoms with Gasteiger partial charge in [-0.1, -0.05) is 130 Å². The van der Waals surface area contributed by atoms with E-state index in [2.05, 4.69) is 22.9 Å². The molecule has 8 heteroatoms. The number of alkyl halides is 3. The Kier molecular flexibility index (Phi) is 16.2. The fourth-order valence-electron chi connectivity index (χ4n) is 3.49. The maximum absolute atomic E-state index is 12.4. The standard InChI is InChI=1S/C25H40Cl3N3OS/c1-3-4-5-6-7-8-9-10-11-12-13-14-15-22(32)30-23(25(26,27)28)31-24(33)29-21-18-16-20(2)17-19-21/h16-19,23H,3-15H2,1-2H3,(H,30,32)(H2,29,31,33). The van der Waals surface area contributed by atoms with Crippen molar-refractivity contribution in [2.75, 3.05) is 5.32 Å². The number of anilines is 1. The average Bonchev–Trinajstić information content (AvgIpc) is 2.75. The maximum atomic E-state index is 12.4. The van der Waals surface area contributed by atoms with Crippen LogP contribution in [0, 0.1) is 6.92 Å². The lowest BCUT2D eigenvalue weighted by molar-refractivity contribution is -0.122. The molecule has 33 heavy (non-hydrogen) atoms. The number of aryl methyl sites for hydroxylation is 1. The van der Waals surface area contributed by atoms with Gasteiger partial charge in [-0.15, -0.1) is 0 Å². The van der Waals surface area contributed by atoms with Crippen LogP contribution >= 0.6 is 47.0 Å². The molecule has 0 radical (unpaired) electrons. The van der Waals surface area contributed by atoms with E-state index in [4.69, 9.17) is 47.0 Å². The number of carbonyl (C=O) groups is 1. The lowest BCUT2D eigenvalue weighted by Gasteiger charge is -2.27. The van der Waals surface area contributed by atoms with Crippen molar-refractivity contribution in [3.8, 4) is 0 Å². The van der Waals surface area contributed by atoms with Gasteiger partial charge < -0.3 is 16.0 Å². The van der Waals surface area contributed by atoms with Crippen molar-refractivity contribution in [3.05, 3.63) is 29.8 Å². The van der Waals surface area contributed by atoms with Gasteiger partial charge in [-0.25, -0.2) is 0 Å². The molecular formula is C25H40Cl3N3OS. The highest BCUT2D eigenvalue weighted by molar-refractivity contribution is 7.80. The molecule has 0 aliphatic heterocycles. The molecule has 0 fully saturated rings. The number of thiocarbonyl (C=S) groups is 1. The summed E-state index contributed by atoms with van der Waals surface area (Å²) in [5, 5.41) is 8.93. The van der Waals surface area contributed by atoms with Gasteiger partial charge in [-0.3, -0.25) is 4.79 Å². The third-order valence-corrected chi connectivity index (χ3v) is 6.35. The predicted octanol–water partition coefficient (Wildman–Crippen LogP) is 8.19. The minimum atomic E-state index is -1.74. The number of unbranched alkanes of at least 4 members (excludes halogenated alkanes) is 11. The van der Waals surface area contributed by atoms with Crippen LogP contribution in [0.15, 0.2) is 24.3 Å². The second-order valence-corrected chi connectivity index (χ2v) is 11.4. The predicted molar refractivity (Wildman–Crippen MR) is 148 cm³/mol. The number of amides is 1. The van der Waals surface area contributed by atoms with Gasteiger partial charge in [0.2, 0.25) is 9.70 Å². The first-order valence-corrected chi connectivity index (χ1v) is 13.8. The lowest BCUT2D eigenvalue weighted by atomic mass is 10.0. The van der Waals surface area contributed by atoms with Crippen LogP contribution in [0.5, 0.6) is 0 Å².